The molecule has 3 rings (SSSR count). The number of aliphatic imine (C=N–C) groups is 1. The summed E-state index contributed by atoms with van der Waals surface area (Å²) in [6.07, 6.45) is 4.07. The number of alkyl carbamates (subject to hydrolysis) is 1. The molecule has 3 amide bonds. The number of nitrogens with zero attached hydrogens (tertiary/aromatic N) is 3. The van der Waals surface area contributed by atoms with Crippen molar-refractivity contribution in [3.05, 3.63) is 34.9 Å². The number of amides is 3. The highest BCUT2D eigenvalue weighted by Crippen LogP contribution is 2.29. The van der Waals surface area contributed by atoms with Crippen LogP contribution in [0.1, 0.15) is 69.3 Å². The lowest BCUT2D eigenvalue weighted by molar-refractivity contribution is -0.181. The molecule has 2 heterocycles. The van der Waals surface area contributed by atoms with E-state index in [1.165, 1.54) is 5.06 Å². The number of nitrogens with one attached hydrogen (secondary N) is 1. The van der Waals surface area contributed by atoms with Gasteiger partial charge in [-0.1, -0.05) is 13.0 Å². The van der Waals surface area contributed by atoms with Crippen LogP contribution in [-0.2, 0) is 14.4 Å². The number of hydrogen-bond acceptors (Lipinski definition) is 7. The minimum atomic E-state index is -0.596. The van der Waals surface area contributed by atoms with Gasteiger partial charge in [0.25, 0.3) is 11.8 Å². The molecule has 196 valence electrons. The Kier molecular flexibility index (Phi) is 9.08. The molecule has 0 radical (unpaired) electrons. The molecular formula is C26H37N5O5. The molecule has 0 spiro atoms. The van der Waals surface area contributed by atoms with E-state index in [0.717, 1.165) is 25.9 Å². The lowest BCUT2D eigenvalue weighted by atomic mass is 10.0. The van der Waals surface area contributed by atoms with E-state index >= 15 is 0 Å². The maximum Gasteiger partial charge on any atom is 0.407 e. The van der Waals surface area contributed by atoms with E-state index in [0.29, 0.717) is 35.4 Å². The fourth-order valence-electron chi connectivity index (χ4n) is 3.97. The second kappa shape index (κ2) is 12.0. The third kappa shape index (κ3) is 7.55. The summed E-state index contributed by atoms with van der Waals surface area (Å²) in [4.78, 5) is 49.9. The summed E-state index contributed by atoms with van der Waals surface area (Å²) in [5.74, 6) is -0.0596. The number of likely N-dealkylation sites (tertiary alicyclic amines) is 1. The van der Waals surface area contributed by atoms with Crippen molar-refractivity contribution in [3.63, 3.8) is 0 Å². The van der Waals surface area contributed by atoms with Gasteiger partial charge < -0.3 is 20.7 Å². The predicted molar refractivity (Wildman–Crippen MR) is 138 cm³/mol. The highest BCUT2D eigenvalue weighted by molar-refractivity contribution is 6.05. The zero-order valence-corrected chi connectivity index (χ0v) is 21.6. The van der Waals surface area contributed by atoms with E-state index in [1.54, 1.807) is 45.0 Å². The standard InChI is InChI=1S/C26H37N5O5/c1-5-11-31(35-14-10-28-25(34)36-26(2,3)4)24(33)20-15-18-8-9-19(16-21(18)29-22(27)17-20)23(32)30-12-6-7-13-30/h8-9,15-16H,5-7,10-14,17H2,1-4H3,(H2,27,29)(H,28,34). The third-order valence-corrected chi connectivity index (χ3v) is 5.58. The van der Waals surface area contributed by atoms with E-state index in [2.05, 4.69) is 10.3 Å². The first-order valence-electron chi connectivity index (χ1n) is 12.5. The molecule has 10 heteroatoms. The average molecular weight is 500 g/mol. The van der Waals surface area contributed by atoms with Gasteiger partial charge in [0.1, 0.15) is 11.4 Å². The van der Waals surface area contributed by atoms with Gasteiger partial charge in [-0.25, -0.2) is 14.9 Å². The summed E-state index contributed by atoms with van der Waals surface area (Å²) >= 11 is 0. The van der Waals surface area contributed by atoms with Crippen molar-refractivity contribution in [2.75, 3.05) is 32.8 Å². The van der Waals surface area contributed by atoms with Gasteiger partial charge in [0.15, 0.2) is 0 Å². The van der Waals surface area contributed by atoms with Gasteiger partial charge in [-0.15, -0.1) is 0 Å². The number of rotatable bonds is 8. The van der Waals surface area contributed by atoms with Crippen LogP contribution in [0, 0.1) is 0 Å². The molecule has 0 atom stereocenters. The SMILES string of the molecule is CCCN(OCCNC(=O)OC(C)(C)C)C(=O)C1=Cc2ccc(C(=O)N3CCCC3)cc2N=C(N)C1. The van der Waals surface area contributed by atoms with Crippen molar-refractivity contribution < 1.29 is 24.0 Å². The Labute approximate surface area is 212 Å². The smallest absolute Gasteiger partial charge is 0.407 e. The van der Waals surface area contributed by atoms with Crippen molar-refractivity contribution >= 4 is 35.5 Å². The zero-order valence-electron chi connectivity index (χ0n) is 21.6. The largest absolute Gasteiger partial charge is 0.444 e. The molecule has 0 unspecified atom stereocenters. The number of carbonyl (C=O) groups is 3. The monoisotopic (exact) mass is 499 g/mol. The molecule has 0 saturated carbocycles. The molecule has 2 aliphatic rings. The number of hydroxylamine groups is 2. The number of carbonyl (C=O) groups excluding carboxylic acids is 3. The summed E-state index contributed by atoms with van der Waals surface area (Å²) in [6.45, 7) is 9.46. The topological polar surface area (TPSA) is 127 Å². The van der Waals surface area contributed by atoms with Crippen molar-refractivity contribution in [2.45, 2.75) is 59.0 Å². The fourth-order valence-corrected chi connectivity index (χ4v) is 3.97. The highest BCUT2D eigenvalue weighted by atomic mass is 16.7. The molecule has 1 aromatic rings. The molecule has 3 N–H and O–H groups in total. The number of fused-ring (bicyclic) bond motifs is 1. The van der Waals surface area contributed by atoms with E-state index in [4.69, 9.17) is 15.3 Å². The molecule has 1 fully saturated rings. The highest BCUT2D eigenvalue weighted by Gasteiger charge is 2.24. The second-order valence-electron chi connectivity index (χ2n) is 9.89. The Hall–Kier alpha value is -3.40. The van der Waals surface area contributed by atoms with Crippen LogP contribution in [0.3, 0.4) is 0 Å². The van der Waals surface area contributed by atoms with E-state index in [9.17, 15) is 14.4 Å². The number of ether oxygens (including phenoxy) is 1. The first-order chi connectivity index (χ1) is 17.1. The third-order valence-electron chi connectivity index (χ3n) is 5.58. The summed E-state index contributed by atoms with van der Waals surface area (Å²) in [6, 6.07) is 5.29. The molecule has 2 aliphatic heterocycles. The van der Waals surface area contributed by atoms with Crippen LogP contribution < -0.4 is 11.1 Å². The average Bonchev–Trinajstić information content (AvgIpc) is 3.28. The summed E-state index contributed by atoms with van der Waals surface area (Å²) in [7, 11) is 0. The number of hydrogen-bond donors (Lipinski definition) is 2. The van der Waals surface area contributed by atoms with Gasteiger partial charge in [0.2, 0.25) is 0 Å². The van der Waals surface area contributed by atoms with Crippen LogP contribution in [0.15, 0.2) is 28.8 Å². The van der Waals surface area contributed by atoms with Crippen LogP contribution in [0.4, 0.5) is 10.5 Å². The van der Waals surface area contributed by atoms with Gasteiger partial charge in [-0.05, 0) is 58.2 Å². The molecule has 36 heavy (non-hydrogen) atoms. The van der Waals surface area contributed by atoms with Gasteiger partial charge in [0.05, 0.1) is 12.3 Å². The number of nitrogens with two attached hydrogens (primary N) is 1. The predicted octanol–water partition coefficient (Wildman–Crippen LogP) is 3.39. The Balaban J connectivity index is 1.69. The van der Waals surface area contributed by atoms with E-state index in [1.807, 2.05) is 11.8 Å². The quantitative estimate of drug-likeness (QED) is 0.417. The zero-order chi connectivity index (χ0) is 26.3. The summed E-state index contributed by atoms with van der Waals surface area (Å²) in [5, 5.41) is 3.89. The maximum atomic E-state index is 13.3. The molecule has 1 aromatic carbocycles. The Morgan fingerprint density at radius 1 is 1.19 bits per heavy atom. The number of benzene rings is 1. The maximum absolute atomic E-state index is 13.3. The van der Waals surface area contributed by atoms with Crippen LogP contribution in [0.25, 0.3) is 6.08 Å². The lowest BCUT2D eigenvalue weighted by Gasteiger charge is -2.23. The normalized spacial score (nSPS) is 15.4. The minimum Gasteiger partial charge on any atom is -0.444 e. The molecule has 1 saturated heterocycles. The minimum absolute atomic E-state index is 0.0175. The fraction of sp³-hybridized carbons (Fsp3) is 0.538. The summed E-state index contributed by atoms with van der Waals surface area (Å²) < 4.78 is 5.20. The van der Waals surface area contributed by atoms with Crippen LogP contribution in [0.5, 0.6) is 0 Å². The summed E-state index contributed by atoms with van der Waals surface area (Å²) in [5.41, 5.74) is 7.81. The van der Waals surface area contributed by atoms with Crippen molar-refractivity contribution in [1.29, 1.82) is 0 Å². The van der Waals surface area contributed by atoms with Crippen LogP contribution >= 0.6 is 0 Å². The van der Waals surface area contributed by atoms with Crippen molar-refractivity contribution in [1.82, 2.24) is 15.3 Å². The van der Waals surface area contributed by atoms with E-state index < -0.39 is 11.7 Å². The number of amidine groups is 1. The van der Waals surface area contributed by atoms with Crippen molar-refractivity contribution in [3.8, 4) is 0 Å². The van der Waals surface area contributed by atoms with Gasteiger partial charge >= 0.3 is 6.09 Å². The van der Waals surface area contributed by atoms with Gasteiger partial charge in [-0.3, -0.25) is 14.4 Å². The molecule has 0 aliphatic carbocycles. The van der Waals surface area contributed by atoms with Gasteiger partial charge in [0, 0.05) is 49.3 Å². The Morgan fingerprint density at radius 3 is 2.58 bits per heavy atom. The van der Waals surface area contributed by atoms with Crippen LogP contribution in [-0.4, -0.2) is 72.1 Å². The van der Waals surface area contributed by atoms with Gasteiger partial charge in [-0.2, -0.15) is 0 Å². The first kappa shape index (κ1) is 27.2. The van der Waals surface area contributed by atoms with Crippen LogP contribution in [0.2, 0.25) is 0 Å². The molecule has 0 aromatic heterocycles. The Bertz CT molecular complexity index is 1040. The first-order valence-corrected chi connectivity index (χ1v) is 12.5. The molecule has 0 bridgehead atoms. The van der Waals surface area contributed by atoms with Crippen molar-refractivity contribution in [2.24, 2.45) is 10.7 Å². The second-order valence-corrected chi connectivity index (χ2v) is 9.89. The Morgan fingerprint density at radius 2 is 1.92 bits per heavy atom. The molecular weight excluding hydrogens is 462 g/mol. The molecule has 10 nitrogen and oxygen atoms in total. The van der Waals surface area contributed by atoms with E-state index in [-0.39, 0.29) is 37.2 Å². The lowest BCUT2D eigenvalue weighted by Crippen LogP contribution is -2.38.